The van der Waals surface area contributed by atoms with Crippen LogP contribution in [0.4, 0.5) is 0 Å². The molecule has 122 valence electrons. The Bertz CT molecular complexity index is 985. The van der Waals surface area contributed by atoms with Gasteiger partial charge in [-0.1, -0.05) is 30.0 Å². The van der Waals surface area contributed by atoms with E-state index in [1.54, 1.807) is 11.8 Å². The zero-order chi connectivity index (χ0) is 16.5. The zero-order valence-electron chi connectivity index (χ0n) is 13.6. The number of para-hydroxylation sites is 2. The molecule has 0 atom stereocenters. The van der Waals surface area contributed by atoms with E-state index in [-0.39, 0.29) is 0 Å². The number of rotatable bonds is 5. The molecule has 2 aromatic heterocycles. The highest BCUT2D eigenvalue weighted by molar-refractivity contribution is 7.99. The molecule has 6 heteroatoms. The van der Waals surface area contributed by atoms with E-state index in [1.807, 2.05) is 18.2 Å². The highest BCUT2D eigenvalue weighted by Crippen LogP contribution is 2.23. The molecule has 0 aliphatic carbocycles. The Morgan fingerprint density at radius 2 is 1.92 bits per heavy atom. The topological polar surface area (TPSA) is 55.2 Å². The molecule has 0 aliphatic rings. The third kappa shape index (κ3) is 2.85. The van der Waals surface area contributed by atoms with Crippen LogP contribution < -0.4 is 4.74 Å². The molecule has 0 saturated carbocycles. The Labute approximate surface area is 144 Å². The van der Waals surface area contributed by atoms with Crippen molar-refractivity contribution < 1.29 is 4.74 Å². The molecule has 4 aromatic rings. The summed E-state index contributed by atoms with van der Waals surface area (Å²) in [6, 6.07) is 14.3. The van der Waals surface area contributed by atoms with Crippen molar-refractivity contribution in [1.29, 1.82) is 0 Å². The number of aromatic nitrogens is 4. The van der Waals surface area contributed by atoms with E-state index >= 15 is 0 Å². The standard InChI is InChI=1S/C18H18N4OS/c1-12-9-13(2)11-14(10-12)23-7-8-24-18-21-20-17-19-15-5-3-4-6-16(15)22(17)18/h3-6,9-11H,7-8H2,1-2H3,(H,19,20). The lowest BCUT2D eigenvalue weighted by molar-refractivity contribution is 0.343. The van der Waals surface area contributed by atoms with Crippen molar-refractivity contribution >= 4 is 28.6 Å². The Kier molecular flexibility index (Phi) is 3.90. The minimum atomic E-state index is 0.633. The van der Waals surface area contributed by atoms with Gasteiger partial charge in [0.25, 0.3) is 0 Å². The summed E-state index contributed by atoms with van der Waals surface area (Å²) in [5.41, 5.74) is 4.48. The smallest absolute Gasteiger partial charge is 0.231 e. The Hall–Kier alpha value is -2.47. The average molecular weight is 338 g/mol. The number of aryl methyl sites for hydroxylation is 2. The molecule has 0 fully saturated rings. The highest BCUT2D eigenvalue weighted by atomic mass is 32.2. The monoisotopic (exact) mass is 338 g/mol. The molecule has 2 aromatic carbocycles. The molecule has 2 heterocycles. The van der Waals surface area contributed by atoms with Crippen molar-refractivity contribution in [1.82, 2.24) is 19.6 Å². The molecule has 0 radical (unpaired) electrons. The summed E-state index contributed by atoms with van der Waals surface area (Å²) in [5, 5.41) is 8.26. The van der Waals surface area contributed by atoms with Gasteiger partial charge >= 0.3 is 0 Å². The van der Waals surface area contributed by atoms with Crippen LogP contribution in [0.2, 0.25) is 0 Å². The van der Waals surface area contributed by atoms with Crippen LogP contribution >= 0.6 is 11.8 Å². The number of nitrogens with one attached hydrogen (secondary N) is 1. The van der Waals surface area contributed by atoms with Crippen molar-refractivity contribution in [2.45, 2.75) is 19.0 Å². The van der Waals surface area contributed by atoms with Gasteiger partial charge in [-0.05, 0) is 49.2 Å². The summed E-state index contributed by atoms with van der Waals surface area (Å²) in [5.74, 6) is 2.52. The first-order valence-corrected chi connectivity index (χ1v) is 8.85. The minimum Gasteiger partial charge on any atom is -0.493 e. The number of ether oxygens (including phenoxy) is 1. The van der Waals surface area contributed by atoms with Gasteiger partial charge in [-0.3, -0.25) is 4.40 Å². The molecule has 0 unspecified atom stereocenters. The third-order valence-corrected chi connectivity index (χ3v) is 4.68. The van der Waals surface area contributed by atoms with Gasteiger partial charge in [0.15, 0.2) is 5.16 Å². The van der Waals surface area contributed by atoms with Crippen LogP contribution in [0.25, 0.3) is 16.8 Å². The molecule has 0 saturated heterocycles. The number of fused-ring (bicyclic) bond motifs is 3. The fourth-order valence-corrected chi connectivity index (χ4v) is 3.62. The maximum absolute atomic E-state index is 5.86. The second-order valence-corrected chi connectivity index (χ2v) is 6.85. The first-order chi connectivity index (χ1) is 11.7. The minimum absolute atomic E-state index is 0.633. The van der Waals surface area contributed by atoms with Crippen LogP contribution in [0, 0.1) is 13.8 Å². The molecular formula is C18H18N4OS. The number of nitrogens with zero attached hydrogens (tertiary/aromatic N) is 3. The summed E-state index contributed by atoms with van der Waals surface area (Å²) in [7, 11) is 0. The predicted molar refractivity (Wildman–Crippen MR) is 97.0 cm³/mol. The van der Waals surface area contributed by atoms with Crippen molar-refractivity contribution in [3.8, 4) is 5.75 Å². The second-order valence-electron chi connectivity index (χ2n) is 5.79. The van der Waals surface area contributed by atoms with E-state index in [9.17, 15) is 0 Å². The van der Waals surface area contributed by atoms with Gasteiger partial charge < -0.3 is 4.74 Å². The summed E-state index contributed by atoms with van der Waals surface area (Å²) in [6.45, 7) is 4.80. The molecule has 0 bridgehead atoms. The summed E-state index contributed by atoms with van der Waals surface area (Å²) in [4.78, 5) is 4.53. The number of hydrogen-bond acceptors (Lipinski definition) is 4. The summed E-state index contributed by atoms with van der Waals surface area (Å²) >= 11 is 1.66. The lowest BCUT2D eigenvalue weighted by atomic mass is 10.1. The number of benzene rings is 2. The van der Waals surface area contributed by atoms with E-state index in [4.69, 9.17) is 4.74 Å². The second kappa shape index (κ2) is 6.20. The highest BCUT2D eigenvalue weighted by Gasteiger charge is 2.11. The van der Waals surface area contributed by atoms with Crippen LogP contribution in [0.15, 0.2) is 47.6 Å². The van der Waals surface area contributed by atoms with E-state index in [2.05, 4.69) is 57.7 Å². The lowest BCUT2D eigenvalue weighted by Gasteiger charge is -2.07. The van der Waals surface area contributed by atoms with E-state index in [1.165, 1.54) is 11.1 Å². The normalized spacial score (nSPS) is 11.4. The number of hydrogen-bond donors (Lipinski definition) is 1. The van der Waals surface area contributed by atoms with Crippen LogP contribution in [-0.2, 0) is 0 Å². The van der Waals surface area contributed by atoms with E-state index < -0.39 is 0 Å². The van der Waals surface area contributed by atoms with Crippen LogP contribution in [0.5, 0.6) is 5.75 Å². The molecule has 0 spiro atoms. The van der Waals surface area contributed by atoms with Crippen LogP contribution in [-0.4, -0.2) is 31.9 Å². The zero-order valence-corrected chi connectivity index (χ0v) is 14.4. The molecule has 5 nitrogen and oxygen atoms in total. The van der Waals surface area contributed by atoms with Gasteiger partial charge in [-0.15, -0.1) is 5.10 Å². The quantitative estimate of drug-likeness (QED) is 0.441. The predicted octanol–water partition coefficient (Wildman–Crippen LogP) is 4.00. The summed E-state index contributed by atoms with van der Waals surface area (Å²) < 4.78 is 7.92. The van der Waals surface area contributed by atoms with Crippen molar-refractivity contribution in [3.05, 3.63) is 53.6 Å². The maximum Gasteiger partial charge on any atom is 0.231 e. The molecule has 1 N–H and O–H groups in total. The van der Waals surface area contributed by atoms with Crippen molar-refractivity contribution in [3.63, 3.8) is 0 Å². The number of aromatic amines is 1. The Morgan fingerprint density at radius 3 is 2.75 bits per heavy atom. The maximum atomic E-state index is 5.86. The largest absolute Gasteiger partial charge is 0.493 e. The fraction of sp³-hybridized carbons (Fsp3) is 0.222. The molecule has 0 aliphatic heterocycles. The van der Waals surface area contributed by atoms with Crippen LogP contribution in [0.1, 0.15) is 11.1 Å². The van der Waals surface area contributed by atoms with E-state index in [0.29, 0.717) is 6.61 Å². The van der Waals surface area contributed by atoms with Gasteiger partial charge in [0.2, 0.25) is 5.78 Å². The summed E-state index contributed by atoms with van der Waals surface area (Å²) in [6.07, 6.45) is 0. The van der Waals surface area contributed by atoms with Gasteiger partial charge in [-0.25, -0.2) is 10.1 Å². The van der Waals surface area contributed by atoms with Gasteiger partial charge in [0.05, 0.1) is 17.6 Å². The molecular weight excluding hydrogens is 320 g/mol. The molecule has 0 amide bonds. The van der Waals surface area contributed by atoms with Gasteiger partial charge in [-0.2, -0.15) is 0 Å². The van der Waals surface area contributed by atoms with E-state index in [0.717, 1.165) is 33.5 Å². The Balaban J connectivity index is 1.45. The average Bonchev–Trinajstić information content (AvgIpc) is 3.10. The number of H-pyrrole nitrogens is 1. The van der Waals surface area contributed by atoms with Crippen molar-refractivity contribution in [2.24, 2.45) is 0 Å². The lowest BCUT2D eigenvalue weighted by Crippen LogP contribution is -2.01. The first kappa shape index (κ1) is 15.1. The number of imidazole rings is 1. The van der Waals surface area contributed by atoms with Gasteiger partial charge in [0.1, 0.15) is 5.75 Å². The molecule has 4 rings (SSSR count). The number of thioether (sulfide) groups is 1. The molecule has 24 heavy (non-hydrogen) atoms. The third-order valence-electron chi connectivity index (χ3n) is 3.78. The fourth-order valence-electron chi connectivity index (χ4n) is 2.85. The van der Waals surface area contributed by atoms with Crippen molar-refractivity contribution in [2.75, 3.05) is 12.4 Å². The van der Waals surface area contributed by atoms with Crippen LogP contribution in [0.3, 0.4) is 0 Å². The van der Waals surface area contributed by atoms with Gasteiger partial charge in [0, 0.05) is 5.75 Å². The Morgan fingerprint density at radius 1 is 1.12 bits per heavy atom. The SMILES string of the molecule is Cc1cc(C)cc(OCCSc2n[nH]c3nc4ccccc4n23)c1. The first-order valence-electron chi connectivity index (χ1n) is 7.86.